The summed E-state index contributed by atoms with van der Waals surface area (Å²) < 4.78 is 0. The summed E-state index contributed by atoms with van der Waals surface area (Å²) in [6.07, 6.45) is 13.3. The zero-order valence-corrected chi connectivity index (χ0v) is 10.7. The molecule has 2 unspecified atom stereocenters. The van der Waals surface area contributed by atoms with Crippen LogP contribution in [0, 0.1) is 5.92 Å². The van der Waals surface area contributed by atoms with Crippen molar-refractivity contribution in [1.82, 2.24) is 0 Å². The molecule has 0 saturated heterocycles. The lowest BCUT2D eigenvalue weighted by Crippen LogP contribution is -2.39. The summed E-state index contributed by atoms with van der Waals surface area (Å²) in [4.78, 5) is 0. The maximum atomic E-state index is 6.50. The normalized spacial score (nSPS) is 32.6. The van der Waals surface area contributed by atoms with Crippen LogP contribution in [0.5, 0.6) is 0 Å². The topological polar surface area (TPSA) is 26.0 Å². The number of rotatable bonds is 5. The van der Waals surface area contributed by atoms with E-state index >= 15 is 0 Å². The molecule has 0 aromatic carbocycles. The van der Waals surface area contributed by atoms with Crippen LogP contribution >= 0.6 is 0 Å². The number of nitrogens with two attached hydrogens (primary N) is 1. The van der Waals surface area contributed by atoms with Crippen molar-refractivity contribution in [2.75, 3.05) is 0 Å². The van der Waals surface area contributed by atoms with Gasteiger partial charge in [0.15, 0.2) is 0 Å². The summed E-state index contributed by atoms with van der Waals surface area (Å²) in [5.74, 6) is 0.974. The Morgan fingerprint density at radius 1 is 1.13 bits per heavy atom. The Hall–Kier alpha value is -0.0400. The summed E-state index contributed by atoms with van der Waals surface area (Å²) >= 11 is 0. The van der Waals surface area contributed by atoms with Crippen molar-refractivity contribution >= 4 is 0 Å². The van der Waals surface area contributed by atoms with Crippen LogP contribution in [-0.2, 0) is 0 Å². The Balaban J connectivity index is 2.36. The second-order valence-electron chi connectivity index (χ2n) is 5.55. The average molecular weight is 211 g/mol. The van der Waals surface area contributed by atoms with E-state index in [1.54, 1.807) is 0 Å². The first-order valence-electron chi connectivity index (χ1n) is 6.99. The number of hydrogen-bond donors (Lipinski definition) is 1. The van der Waals surface area contributed by atoms with E-state index in [1.807, 2.05) is 0 Å². The number of unbranched alkanes of at least 4 members (excludes halogenated alkanes) is 1. The van der Waals surface area contributed by atoms with Gasteiger partial charge in [-0.3, -0.25) is 0 Å². The van der Waals surface area contributed by atoms with Gasteiger partial charge in [-0.2, -0.15) is 0 Å². The van der Waals surface area contributed by atoms with Crippen molar-refractivity contribution in [3.05, 3.63) is 0 Å². The molecule has 15 heavy (non-hydrogen) atoms. The van der Waals surface area contributed by atoms with Gasteiger partial charge in [-0.1, -0.05) is 52.4 Å². The van der Waals surface area contributed by atoms with Gasteiger partial charge in [0.25, 0.3) is 0 Å². The molecule has 2 N–H and O–H groups in total. The lowest BCUT2D eigenvalue weighted by molar-refractivity contribution is 0.326. The molecule has 1 saturated carbocycles. The van der Waals surface area contributed by atoms with Crippen LogP contribution in [-0.4, -0.2) is 5.54 Å². The Bertz CT molecular complexity index is 167. The third-order valence-corrected chi connectivity index (χ3v) is 4.06. The average Bonchev–Trinajstić information content (AvgIpc) is 2.40. The molecule has 0 aromatic rings. The van der Waals surface area contributed by atoms with Crippen molar-refractivity contribution in [3.63, 3.8) is 0 Å². The van der Waals surface area contributed by atoms with Gasteiger partial charge >= 0.3 is 0 Å². The van der Waals surface area contributed by atoms with Crippen LogP contribution in [0.1, 0.15) is 78.1 Å². The first-order chi connectivity index (χ1) is 7.20. The van der Waals surface area contributed by atoms with E-state index in [9.17, 15) is 0 Å². The Kier molecular flexibility index (Phi) is 5.66. The molecule has 1 rings (SSSR count). The van der Waals surface area contributed by atoms with Gasteiger partial charge in [0.2, 0.25) is 0 Å². The summed E-state index contributed by atoms with van der Waals surface area (Å²) in [5, 5.41) is 0. The molecule has 0 spiro atoms. The van der Waals surface area contributed by atoms with E-state index in [2.05, 4.69) is 13.8 Å². The maximum Gasteiger partial charge on any atom is 0.0154 e. The van der Waals surface area contributed by atoms with Gasteiger partial charge in [-0.15, -0.1) is 0 Å². The first-order valence-corrected chi connectivity index (χ1v) is 6.99. The van der Waals surface area contributed by atoms with E-state index in [1.165, 1.54) is 64.2 Å². The quantitative estimate of drug-likeness (QED) is 0.676. The minimum Gasteiger partial charge on any atom is -0.325 e. The maximum absolute atomic E-state index is 6.50. The highest BCUT2D eigenvalue weighted by atomic mass is 14.7. The zero-order chi connectivity index (χ0) is 11.1. The second kappa shape index (κ2) is 6.52. The van der Waals surface area contributed by atoms with E-state index in [-0.39, 0.29) is 5.54 Å². The van der Waals surface area contributed by atoms with Crippen LogP contribution in [0.4, 0.5) is 0 Å². The smallest absolute Gasteiger partial charge is 0.0154 e. The van der Waals surface area contributed by atoms with Crippen molar-refractivity contribution in [1.29, 1.82) is 0 Å². The van der Waals surface area contributed by atoms with Gasteiger partial charge in [-0.25, -0.2) is 0 Å². The van der Waals surface area contributed by atoms with Gasteiger partial charge < -0.3 is 5.73 Å². The van der Waals surface area contributed by atoms with Crippen LogP contribution in [0.2, 0.25) is 0 Å². The predicted molar refractivity (Wildman–Crippen MR) is 67.9 cm³/mol. The fourth-order valence-corrected chi connectivity index (χ4v) is 2.98. The lowest BCUT2D eigenvalue weighted by Gasteiger charge is -2.28. The van der Waals surface area contributed by atoms with E-state index in [4.69, 9.17) is 5.73 Å². The standard InChI is InChI=1S/C14H29N/c1-3-5-10-14(15)11-6-8-13(7-4-2)9-12-14/h13H,3-12,15H2,1-2H3. The molecule has 1 nitrogen and oxygen atoms in total. The first kappa shape index (κ1) is 13.0. The molecule has 0 aromatic heterocycles. The SMILES string of the molecule is CCCCC1(N)CCCC(CCC)CC1. The lowest BCUT2D eigenvalue weighted by atomic mass is 9.85. The van der Waals surface area contributed by atoms with E-state index in [0.29, 0.717) is 0 Å². The molecule has 1 aliphatic carbocycles. The van der Waals surface area contributed by atoms with Crippen LogP contribution < -0.4 is 5.73 Å². The van der Waals surface area contributed by atoms with Gasteiger partial charge in [-0.05, 0) is 31.6 Å². The highest BCUT2D eigenvalue weighted by molar-refractivity contribution is 4.87. The van der Waals surface area contributed by atoms with Crippen molar-refractivity contribution in [2.24, 2.45) is 11.7 Å². The summed E-state index contributed by atoms with van der Waals surface area (Å²) in [7, 11) is 0. The van der Waals surface area contributed by atoms with Crippen molar-refractivity contribution in [2.45, 2.75) is 83.6 Å². The predicted octanol–water partition coefficient (Wildman–Crippen LogP) is 4.25. The molecule has 90 valence electrons. The number of hydrogen-bond acceptors (Lipinski definition) is 1. The molecule has 1 heteroatoms. The molecular formula is C14H29N. The summed E-state index contributed by atoms with van der Waals surface area (Å²) in [6, 6.07) is 0. The van der Waals surface area contributed by atoms with E-state index < -0.39 is 0 Å². The van der Waals surface area contributed by atoms with E-state index in [0.717, 1.165) is 5.92 Å². The molecule has 1 fully saturated rings. The van der Waals surface area contributed by atoms with Crippen molar-refractivity contribution < 1.29 is 0 Å². The van der Waals surface area contributed by atoms with Crippen molar-refractivity contribution in [3.8, 4) is 0 Å². The molecule has 0 radical (unpaired) electrons. The molecule has 2 atom stereocenters. The minimum atomic E-state index is 0.193. The molecule has 0 heterocycles. The Morgan fingerprint density at radius 2 is 1.93 bits per heavy atom. The monoisotopic (exact) mass is 211 g/mol. The molecule has 0 aliphatic heterocycles. The van der Waals surface area contributed by atoms with Crippen LogP contribution in [0.15, 0.2) is 0 Å². The van der Waals surface area contributed by atoms with Gasteiger partial charge in [0, 0.05) is 5.54 Å². The molecule has 1 aliphatic rings. The minimum absolute atomic E-state index is 0.193. The molecule has 0 bridgehead atoms. The summed E-state index contributed by atoms with van der Waals surface area (Å²) in [6.45, 7) is 4.57. The Labute approximate surface area is 95.8 Å². The zero-order valence-electron chi connectivity index (χ0n) is 10.7. The highest BCUT2D eigenvalue weighted by Crippen LogP contribution is 2.33. The molecular weight excluding hydrogens is 182 g/mol. The highest BCUT2D eigenvalue weighted by Gasteiger charge is 2.28. The summed E-state index contributed by atoms with van der Waals surface area (Å²) in [5.41, 5.74) is 6.70. The fourth-order valence-electron chi connectivity index (χ4n) is 2.98. The largest absolute Gasteiger partial charge is 0.325 e. The fraction of sp³-hybridized carbons (Fsp3) is 1.00. The second-order valence-corrected chi connectivity index (χ2v) is 5.55. The van der Waals surface area contributed by atoms with Crippen LogP contribution in [0.3, 0.4) is 0 Å². The van der Waals surface area contributed by atoms with Crippen LogP contribution in [0.25, 0.3) is 0 Å². The third kappa shape index (κ3) is 4.55. The Morgan fingerprint density at radius 3 is 2.60 bits per heavy atom. The van der Waals surface area contributed by atoms with Gasteiger partial charge in [0.05, 0.1) is 0 Å². The van der Waals surface area contributed by atoms with Gasteiger partial charge in [0.1, 0.15) is 0 Å². The third-order valence-electron chi connectivity index (χ3n) is 4.06. The molecule has 0 amide bonds.